The molecule has 22 heavy (non-hydrogen) atoms. The Bertz CT molecular complexity index is 936. The Morgan fingerprint density at radius 1 is 1.05 bits per heavy atom. The third-order valence-corrected chi connectivity index (χ3v) is 5.02. The monoisotopic (exact) mass is 344 g/mol. The van der Waals surface area contributed by atoms with Gasteiger partial charge >= 0.3 is 0 Å². The van der Waals surface area contributed by atoms with Gasteiger partial charge in [-0.25, -0.2) is 0 Å². The van der Waals surface area contributed by atoms with Gasteiger partial charge < -0.3 is 0 Å². The van der Waals surface area contributed by atoms with E-state index in [1.54, 1.807) is 15.9 Å². The zero-order valence-corrected chi connectivity index (χ0v) is 13.6. The molecule has 108 valence electrons. The average Bonchev–Trinajstić information content (AvgIpc) is 3.22. The lowest BCUT2D eigenvalue weighted by Gasteiger charge is -1.92. The van der Waals surface area contributed by atoms with Gasteiger partial charge in [0.1, 0.15) is 5.01 Å². The maximum atomic E-state index is 5.88. The molecule has 0 amide bonds. The zero-order chi connectivity index (χ0) is 14.9. The van der Waals surface area contributed by atoms with E-state index < -0.39 is 0 Å². The summed E-state index contributed by atoms with van der Waals surface area (Å²) in [6.07, 6.45) is 3.98. The molecule has 0 N–H and O–H groups in total. The van der Waals surface area contributed by atoms with Gasteiger partial charge in [0, 0.05) is 5.02 Å². The SMILES string of the molecule is Clc1ccc(/C=C/c2nn3c(-c4cccs4)nnc3s2)cc1. The molecule has 3 heterocycles. The molecule has 0 radical (unpaired) electrons. The average molecular weight is 345 g/mol. The molecule has 3 aromatic heterocycles. The lowest BCUT2D eigenvalue weighted by molar-refractivity contribution is 0.963. The first-order valence-electron chi connectivity index (χ1n) is 6.49. The van der Waals surface area contributed by atoms with Crippen LogP contribution in [0.3, 0.4) is 0 Å². The topological polar surface area (TPSA) is 43.1 Å². The number of rotatable bonds is 3. The lowest BCUT2D eigenvalue weighted by atomic mass is 10.2. The van der Waals surface area contributed by atoms with Gasteiger partial charge in [0.15, 0.2) is 5.82 Å². The number of fused-ring (bicyclic) bond motifs is 1. The van der Waals surface area contributed by atoms with Crippen LogP contribution >= 0.6 is 34.3 Å². The van der Waals surface area contributed by atoms with E-state index in [0.29, 0.717) is 0 Å². The molecule has 0 aliphatic carbocycles. The third-order valence-electron chi connectivity index (χ3n) is 3.04. The molecule has 0 aliphatic heterocycles. The highest BCUT2D eigenvalue weighted by atomic mass is 35.5. The highest BCUT2D eigenvalue weighted by molar-refractivity contribution is 7.17. The molecule has 4 rings (SSSR count). The van der Waals surface area contributed by atoms with Crippen molar-refractivity contribution in [2.45, 2.75) is 0 Å². The van der Waals surface area contributed by atoms with Gasteiger partial charge in [-0.05, 0) is 35.2 Å². The zero-order valence-electron chi connectivity index (χ0n) is 11.2. The first-order valence-corrected chi connectivity index (χ1v) is 8.57. The van der Waals surface area contributed by atoms with E-state index in [9.17, 15) is 0 Å². The molecule has 0 unspecified atom stereocenters. The van der Waals surface area contributed by atoms with Crippen molar-refractivity contribution in [2.24, 2.45) is 0 Å². The van der Waals surface area contributed by atoms with Crippen molar-refractivity contribution in [3.8, 4) is 10.7 Å². The molecule has 4 nitrogen and oxygen atoms in total. The summed E-state index contributed by atoms with van der Waals surface area (Å²) in [6, 6.07) is 11.7. The van der Waals surface area contributed by atoms with E-state index in [1.807, 2.05) is 53.9 Å². The molecule has 0 spiro atoms. The Morgan fingerprint density at radius 2 is 1.91 bits per heavy atom. The predicted molar refractivity (Wildman–Crippen MR) is 92.4 cm³/mol. The van der Waals surface area contributed by atoms with Crippen molar-refractivity contribution >= 4 is 51.4 Å². The molecule has 1 aromatic carbocycles. The van der Waals surface area contributed by atoms with E-state index >= 15 is 0 Å². The van der Waals surface area contributed by atoms with E-state index in [0.717, 1.165) is 31.3 Å². The summed E-state index contributed by atoms with van der Waals surface area (Å²) < 4.78 is 1.79. The van der Waals surface area contributed by atoms with Gasteiger partial charge in [-0.1, -0.05) is 47.2 Å². The van der Waals surface area contributed by atoms with Crippen LogP contribution in [-0.4, -0.2) is 19.8 Å². The highest BCUT2D eigenvalue weighted by Gasteiger charge is 2.12. The Morgan fingerprint density at radius 3 is 2.68 bits per heavy atom. The third kappa shape index (κ3) is 2.56. The first kappa shape index (κ1) is 13.6. The molecule has 0 saturated heterocycles. The maximum absolute atomic E-state index is 5.88. The lowest BCUT2D eigenvalue weighted by Crippen LogP contribution is -1.88. The summed E-state index contributed by atoms with van der Waals surface area (Å²) >= 11 is 9.02. The number of aromatic nitrogens is 4. The minimum atomic E-state index is 0.733. The van der Waals surface area contributed by atoms with Crippen molar-refractivity contribution in [2.75, 3.05) is 0 Å². The standard InChI is InChI=1S/C15H9ClN4S2/c16-11-6-3-10(4-7-11)5-8-13-19-20-14(12-2-1-9-21-12)17-18-15(20)22-13/h1-9H/b8-5+. The quantitative estimate of drug-likeness (QED) is 0.539. The van der Waals surface area contributed by atoms with Crippen LogP contribution in [0.25, 0.3) is 27.8 Å². The summed E-state index contributed by atoms with van der Waals surface area (Å²) in [7, 11) is 0. The fraction of sp³-hybridized carbons (Fsp3) is 0. The van der Waals surface area contributed by atoms with E-state index in [1.165, 1.54) is 11.3 Å². The molecule has 0 aliphatic rings. The predicted octanol–water partition coefficient (Wildman–Crippen LogP) is 4.74. The second-order valence-corrected chi connectivity index (χ2v) is 6.89. The molecule has 0 bridgehead atoms. The second-order valence-electron chi connectivity index (χ2n) is 4.52. The van der Waals surface area contributed by atoms with Crippen molar-refractivity contribution < 1.29 is 0 Å². The molecule has 0 fully saturated rings. The smallest absolute Gasteiger partial charge is 0.181 e. The van der Waals surface area contributed by atoms with E-state index in [4.69, 9.17) is 11.6 Å². The summed E-state index contributed by atoms with van der Waals surface area (Å²) in [5, 5.41) is 16.6. The van der Waals surface area contributed by atoms with Crippen molar-refractivity contribution in [1.29, 1.82) is 0 Å². The maximum Gasteiger partial charge on any atom is 0.235 e. The van der Waals surface area contributed by atoms with Crippen molar-refractivity contribution in [1.82, 2.24) is 19.8 Å². The van der Waals surface area contributed by atoms with Crippen LogP contribution in [-0.2, 0) is 0 Å². The molecular formula is C15H9ClN4S2. The normalized spacial score (nSPS) is 11.7. The summed E-state index contributed by atoms with van der Waals surface area (Å²) in [5.74, 6) is 0.785. The number of thiophene rings is 1. The van der Waals surface area contributed by atoms with E-state index in [-0.39, 0.29) is 0 Å². The number of nitrogens with zero attached hydrogens (tertiary/aromatic N) is 4. The van der Waals surface area contributed by atoms with Gasteiger partial charge in [0.25, 0.3) is 0 Å². The minimum absolute atomic E-state index is 0.733. The fourth-order valence-electron chi connectivity index (χ4n) is 2.00. The first-order chi connectivity index (χ1) is 10.8. The summed E-state index contributed by atoms with van der Waals surface area (Å²) in [5.41, 5.74) is 1.08. The van der Waals surface area contributed by atoms with Crippen LogP contribution in [0.2, 0.25) is 5.02 Å². The van der Waals surface area contributed by atoms with Crippen molar-refractivity contribution in [3.05, 3.63) is 57.4 Å². The van der Waals surface area contributed by atoms with Crippen LogP contribution in [0.5, 0.6) is 0 Å². The molecule has 0 atom stereocenters. The second kappa shape index (κ2) is 5.64. The highest BCUT2D eigenvalue weighted by Crippen LogP contribution is 2.25. The van der Waals surface area contributed by atoms with Crippen LogP contribution in [0.15, 0.2) is 41.8 Å². The Hall–Kier alpha value is -2.02. The number of benzene rings is 1. The molecular weight excluding hydrogens is 336 g/mol. The van der Waals surface area contributed by atoms with Gasteiger partial charge in [0.2, 0.25) is 4.96 Å². The van der Waals surface area contributed by atoms with Gasteiger partial charge in [0.05, 0.1) is 4.88 Å². The van der Waals surface area contributed by atoms with Crippen LogP contribution in [0.4, 0.5) is 0 Å². The minimum Gasteiger partial charge on any atom is -0.181 e. The van der Waals surface area contributed by atoms with Crippen LogP contribution in [0.1, 0.15) is 10.6 Å². The van der Waals surface area contributed by atoms with Crippen LogP contribution in [0, 0.1) is 0 Å². The molecule has 7 heteroatoms. The molecule has 4 aromatic rings. The van der Waals surface area contributed by atoms with Gasteiger partial charge in [-0.2, -0.15) is 9.61 Å². The van der Waals surface area contributed by atoms with E-state index in [2.05, 4.69) is 15.3 Å². The summed E-state index contributed by atoms with van der Waals surface area (Å²) in [4.78, 5) is 1.85. The van der Waals surface area contributed by atoms with Gasteiger partial charge in [-0.15, -0.1) is 21.5 Å². The fourth-order valence-corrected chi connectivity index (χ4v) is 3.56. The number of hydrogen-bond donors (Lipinski definition) is 0. The number of hydrogen-bond acceptors (Lipinski definition) is 5. The molecule has 0 saturated carbocycles. The Labute approximate surface area is 139 Å². The Kier molecular flexibility index (Phi) is 3.49. The number of halogens is 1. The van der Waals surface area contributed by atoms with Crippen LogP contribution < -0.4 is 0 Å². The largest absolute Gasteiger partial charge is 0.235 e. The van der Waals surface area contributed by atoms with Crippen molar-refractivity contribution in [3.63, 3.8) is 0 Å². The summed E-state index contributed by atoms with van der Waals surface area (Å²) in [6.45, 7) is 0. The Balaban J connectivity index is 1.67. The van der Waals surface area contributed by atoms with Gasteiger partial charge in [-0.3, -0.25) is 0 Å².